The number of benzene rings is 1. The van der Waals surface area contributed by atoms with Crippen molar-refractivity contribution >= 4 is 23.8 Å². The number of rotatable bonds is 15. The molecule has 0 fully saturated rings. The minimum Gasteiger partial charge on any atom is -0.480 e. The number of nitrogens with one attached hydrogen (secondary N) is 3. The number of hydrogen-bond acceptors (Lipinski definition) is 5. The quantitative estimate of drug-likeness (QED) is 0.254. The van der Waals surface area contributed by atoms with Gasteiger partial charge in [0.05, 0.1) is 11.6 Å². The summed E-state index contributed by atoms with van der Waals surface area (Å²) in [6.07, 6.45) is 1.11. The Balaban J connectivity index is 3.02. The molecule has 0 spiro atoms. The predicted molar refractivity (Wildman–Crippen MR) is 134 cm³/mol. The van der Waals surface area contributed by atoms with Gasteiger partial charge in [-0.25, -0.2) is 9.59 Å². The lowest BCUT2D eigenvalue weighted by atomic mass is 9.98. The summed E-state index contributed by atoms with van der Waals surface area (Å²) in [5, 5.41) is 27.4. The van der Waals surface area contributed by atoms with Crippen LogP contribution < -0.4 is 16.0 Å². The third-order valence-corrected chi connectivity index (χ3v) is 5.47. The van der Waals surface area contributed by atoms with Crippen LogP contribution in [0.5, 0.6) is 0 Å². The van der Waals surface area contributed by atoms with Crippen LogP contribution in [0.1, 0.15) is 76.7 Å². The summed E-state index contributed by atoms with van der Waals surface area (Å²) in [6.45, 7) is 11.7. The van der Waals surface area contributed by atoms with E-state index < -0.39 is 36.0 Å². The van der Waals surface area contributed by atoms with Crippen LogP contribution in [0.15, 0.2) is 24.3 Å². The van der Waals surface area contributed by atoms with Crippen LogP contribution in [-0.4, -0.2) is 52.1 Å². The molecule has 0 saturated carbocycles. The second kappa shape index (κ2) is 14.5. The SMILES string of the molecule is CC(C)CC(NC(=O)C(CC(C)C)NC(=O)C(CC(C)C)NCc1ccccc1C(=O)O)C(=O)O. The molecule has 35 heavy (non-hydrogen) atoms. The highest BCUT2D eigenvalue weighted by Crippen LogP contribution is 2.13. The molecule has 5 N–H and O–H groups in total. The number of amides is 2. The summed E-state index contributed by atoms with van der Waals surface area (Å²) < 4.78 is 0. The van der Waals surface area contributed by atoms with Gasteiger partial charge < -0.3 is 26.2 Å². The Morgan fingerprint density at radius 1 is 0.714 bits per heavy atom. The highest BCUT2D eigenvalue weighted by Gasteiger charge is 2.30. The van der Waals surface area contributed by atoms with Crippen molar-refractivity contribution in [1.82, 2.24) is 16.0 Å². The number of aliphatic carboxylic acids is 1. The van der Waals surface area contributed by atoms with E-state index in [0.29, 0.717) is 18.4 Å². The van der Waals surface area contributed by atoms with Crippen LogP contribution in [0.3, 0.4) is 0 Å². The van der Waals surface area contributed by atoms with E-state index in [9.17, 15) is 29.4 Å². The van der Waals surface area contributed by atoms with Gasteiger partial charge in [-0.3, -0.25) is 9.59 Å². The van der Waals surface area contributed by atoms with Gasteiger partial charge >= 0.3 is 11.9 Å². The van der Waals surface area contributed by atoms with Crippen molar-refractivity contribution in [2.75, 3.05) is 0 Å². The maximum absolute atomic E-state index is 13.2. The molecule has 0 aromatic heterocycles. The first-order chi connectivity index (χ1) is 16.3. The van der Waals surface area contributed by atoms with Gasteiger partial charge in [-0.2, -0.15) is 0 Å². The molecule has 0 heterocycles. The van der Waals surface area contributed by atoms with Crippen LogP contribution in [0.25, 0.3) is 0 Å². The molecule has 1 rings (SSSR count). The highest BCUT2D eigenvalue weighted by atomic mass is 16.4. The van der Waals surface area contributed by atoms with E-state index in [-0.39, 0.29) is 42.2 Å². The molecule has 3 atom stereocenters. The van der Waals surface area contributed by atoms with Crippen molar-refractivity contribution in [2.45, 2.75) is 85.5 Å². The van der Waals surface area contributed by atoms with Crippen molar-refractivity contribution < 1.29 is 29.4 Å². The summed E-state index contributed by atoms with van der Waals surface area (Å²) in [7, 11) is 0. The van der Waals surface area contributed by atoms with Gasteiger partial charge in [-0.15, -0.1) is 0 Å². The third-order valence-electron chi connectivity index (χ3n) is 5.47. The van der Waals surface area contributed by atoms with Crippen molar-refractivity contribution in [1.29, 1.82) is 0 Å². The average Bonchev–Trinajstić information content (AvgIpc) is 2.74. The van der Waals surface area contributed by atoms with Gasteiger partial charge in [0.2, 0.25) is 11.8 Å². The first-order valence-corrected chi connectivity index (χ1v) is 12.2. The molecule has 0 aliphatic rings. The van der Waals surface area contributed by atoms with Crippen molar-refractivity contribution in [3.63, 3.8) is 0 Å². The zero-order valence-corrected chi connectivity index (χ0v) is 21.6. The zero-order valence-electron chi connectivity index (χ0n) is 21.6. The predicted octanol–water partition coefficient (Wildman–Crippen LogP) is 3.04. The third kappa shape index (κ3) is 10.9. The smallest absolute Gasteiger partial charge is 0.336 e. The second-order valence-electron chi connectivity index (χ2n) is 10.2. The molecule has 0 aliphatic heterocycles. The summed E-state index contributed by atoms with van der Waals surface area (Å²) in [6, 6.07) is 3.99. The largest absolute Gasteiger partial charge is 0.480 e. The van der Waals surface area contributed by atoms with Gasteiger partial charge in [0.15, 0.2) is 0 Å². The molecule has 9 nitrogen and oxygen atoms in total. The molecule has 196 valence electrons. The van der Waals surface area contributed by atoms with Gasteiger partial charge in [0.1, 0.15) is 12.1 Å². The number of hydrogen-bond donors (Lipinski definition) is 5. The number of carbonyl (C=O) groups is 4. The molecule has 0 bridgehead atoms. The molecule has 9 heteroatoms. The van der Waals surface area contributed by atoms with Crippen LogP contribution in [0.2, 0.25) is 0 Å². The van der Waals surface area contributed by atoms with E-state index >= 15 is 0 Å². The van der Waals surface area contributed by atoms with Gasteiger partial charge in [0, 0.05) is 6.54 Å². The van der Waals surface area contributed by atoms with Crippen molar-refractivity contribution in [3.8, 4) is 0 Å². The van der Waals surface area contributed by atoms with E-state index in [4.69, 9.17) is 0 Å². The Bertz CT molecular complexity index is 868. The van der Waals surface area contributed by atoms with E-state index in [1.165, 1.54) is 6.07 Å². The van der Waals surface area contributed by atoms with Gasteiger partial charge in [0.25, 0.3) is 0 Å². The van der Waals surface area contributed by atoms with E-state index in [1.54, 1.807) is 18.2 Å². The fourth-order valence-electron chi connectivity index (χ4n) is 3.81. The lowest BCUT2D eigenvalue weighted by Crippen LogP contribution is -2.55. The standard InChI is InChI=1S/C26H41N3O6/c1-15(2)11-20(27-14-18-9-7-8-10-19(18)25(32)33)23(30)28-21(12-16(3)4)24(31)29-22(26(34)35)13-17(5)6/h7-10,15-17,20-22,27H,11-14H2,1-6H3,(H,28,30)(H,29,31)(H,32,33)(H,34,35). The number of carboxylic acids is 2. The topological polar surface area (TPSA) is 145 Å². The van der Waals surface area contributed by atoms with Crippen molar-refractivity contribution in [2.24, 2.45) is 17.8 Å². The maximum Gasteiger partial charge on any atom is 0.336 e. The second-order valence-corrected chi connectivity index (χ2v) is 10.2. The number of carboxylic acid groups (broad SMARTS) is 2. The molecule has 1 aromatic rings. The summed E-state index contributed by atoms with van der Waals surface area (Å²) >= 11 is 0. The van der Waals surface area contributed by atoms with E-state index in [1.807, 2.05) is 41.5 Å². The Morgan fingerprint density at radius 2 is 1.17 bits per heavy atom. The first kappa shape index (κ1) is 30.1. The van der Waals surface area contributed by atoms with Crippen LogP contribution in [-0.2, 0) is 20.9 Å². The number of carbonyl (C=O) groups excluding carboxylic acids is 2. The Labute approximate surface area is 208 Å². The normalized spacial score (nSPS) is 14.0. The number of aromatic carboxylic acids is 1. The molecule has 0 radical (unpaired) electrons. The maximum atomic E-state index is 13.2. The van der Waals surface area contributed by atoms with E-state index in [2.05, 4.69) is 16.0 Å². The highest BCUT2D eigenvalue weighted by molar-refractivity contribution is 5.92. The Kier molecular flexibility index (Phi) is 12.4. The summed E-state index contributed by atoms with van der Waals surface area (Å²) in [5.41, 5.74) is 0.710. The molecule has 2 amide bonds. The van der Waals surface area contributed by atoms with Gasteiger partial charge in [-0.1, -0.05) is 59.7 Å². The first-order valence-electron chi connectivity index (χ1n) is 12.2. The Morgan fingerprint density at radius 3 is 1.69 bits per heavy atom. The fourth-order valence-corrected chi connectivity index (χ4v) is 3.81. The molecule has 0 aliphatic carbocycles. The summed E-state index contributed by atoms with van der Waals surface area (Å²) in [5.74, 6) is -2.76. The summed E-state index contributed by atoms with van der Waals surface area (Å²) in [4.78, 5) is 49.3. The lowest BCUT2D eigenvalue weighted by molar-refractivity contribution is -0.142. The molecular formula is C26H41N3O6. The zero-order chi connectivity index (χ0) is 26.7. The Hall–Kier alpha value is -2.94. The molecule has 0 saturated heterocycles. The van der Waals surface area contributed by atoms with Crippen molar-refractivity contribution in [3.05, 3.63) is 35.4 Å². The lowest BCUT2D eigenvalue weighted by Gasteiger charge is -2.26. The minimum atomic E-state index is -1.11. The average molecular weight is 492 g/mol. The molecule has 3 unspecified atom stereocenters. The van der Waals surface area contributed by atoms with Gasteiger partial charge in [-0.05, 0) is 48.6 Å². The van der Waals surface area contributed by atoms with Crippen LogP contribution in [0.4, 0.5) is 0 Å². The van der Waals surface area contributed by atoms with E-state index in [0.717, 1.165) is 0 Å². The minimum absolute atomic E-state index is 0.0721. The fraction of sp³-hybridized carbons (Fsp3) is 0.615. The van der Waals surface area contributed by atoms with Crippen LogP contribution >= 0.6 is 0 Å². The molecule has 1 aromatic carbocycles. The molecular weight excluding hydrogens is 450 g/mol. The van der Waals surface area contributed by atoms with Crippen LogP contribution in [0, 0.1) is 17.8 Å². The monoisotopic (exact) mass is 491 g/mol.